The highest BCUT2D eigenvalue weighted by atomic mass is 16.6. The molecule has 0 amide bonds. The molecule has 0 fully saturated rings. The predicted molar refractivity (Wildman–Crippen MR) is 62.2 cm³/mol. The predicted octanol–water partition coefficient (Wildman–Crippen LogP) is 1.10. The number of hydrogen-bond donors (Lipinski definition) is 2. The van der Waals surface area contributed by atoms with E-state index in [9.17, 15) is 0 Å². The lowest BCUT2D eigenvalue weighted by Gasteiger charge is -2.20. The number of ether oxygens (including phenoxy) is 3. The zero-order valence-electron chi connectivity index (χ0n) is 9.29. The maximum absolute atomic E-state index is 5.89. The van der Waals surface area contributed by atoms with Crippen LogP contribution in [0.2, 0.25) is 0 Å². The SMILES string of the molecule is COCCNc1cc2c(cc1N)OCCO2. The van der Waals surface area contributed by atoms with Crippen molar-refractivity contribution < 1.29 is 14.2 Å². The van der Waals surface area contributed by atoms with Crippen molar-refractivity contribution in [1.82, 2.24) is 0 Å². The molecule has 1 aromatic carbocycles. The lowest BCUT2D eigenvalue weighted by Crippen LogP contribution is -2.16. The fraction of sp³-hybridized carbons (Fsp3) is 0.455. The Morgan fingerprint density at radius 2 is 2.00 bits per heavy atom. The van der Waals surface area contributed by atoms with Gasteiger partial charge in [0.05, 0.1) is 18.0 Å². The van der Waals surface area contributed by atoms with Crippen LogP contribution >= 0.6 is 0 Å². The number of nitrogen functional groups attached to an aromatic ring is 1. The molecule has 1 heterocycles. The monoisotopic (exact) mass is 224 g/mol. The van der Waals surface area contributed by atoms with E-state index in [0.717, 1.165) is 11.4 Å². The molecule has 16 heavy (non-hydrogen) atoms. The summed E-state index contributed by atoms with van der Waals surface area (Å²) < 4.78 is 15.9. The van der Waals surface area contributed by atoms with Gasteiger partial charge in [-0.25, -0.2) is 0 Å². The number of methoxy groups -OCH3 is 1. The first kappa shape index (κ1) is 10.9. The molecule has 1 aromatic rings. The van der Waals surface area contributed by atoms with E-state index in [1.165, 1.54) is 0 Å². The number of nitrogens with one attached hydrogen (secondary N) is 1. The summed E-state index contributed by atoms with van der Waals surface area (Å²) in [4.78, 5) is 0. The first-order valence-corrected chi connectivity index (χ1v) is 5.23. The van der Waals surface area contributed by atoms with Gasteiger partial charge in [-0.05, 0) is 0 Å². The van der Waals surface area contributed by atoms with Crippen LogP contribution in [-0.2, 0) is 4.74 Å². The molecule has 0 unspecified atom stereocenters. The Bertz CT molecular complexity index is 368. The summed E-state index contributed by atoms with van der Waals surface area (Å²) in [6.07, 6.45) is 0. The summed E-state index contributed by atoms with van der Waals surface area (Å²) in [6, 6.07) is 3.64. The summed E-state index contributed by atoms with van der Waals surface area (Å²) in [5, 5.41) is 3.18. The third-order valence-corrected chi connectivity index (χ3v) is 2.34. The molecule has 0 aromatic heterocycles. The van der Waals surface area contributed by atoms with Crippen LogP contribution in [0.5, 0.6) is 11.5 Å². The normalized spacial score (nSPS) is 13.6. The first-order valence-electron chi connectivity index (χ1n) is 5.23. The van der Waals surface area contributed by atoms with Crippen LogP contribution in [0.4, 0.5) is 11.4 Å². The highest BCUT2D eigenvalue weighted by Gasteiger charge is 2.14. The van der Waals surface area contributed by atoms with Gasteiger partial charge < -0.3 is 25.3 Å². The second-order valence-corrected chi connectivity index (χ2v) is 3.50. The maximum atomic E-state index is 5.89. The quantitative estimate of drug-likeness (QED) is 0.592. The van der Waals surface area contributed by atoms with Crippen molar-refractivity contribution in [3.05, 3.63) is 12.1 Å². The van der Waals surface area contributed by atoms with Crippen molar-refractivity contribution >= 4 is 11.4 Å². The maximum Gasteiger partial charge on any atom is 0.163 e. The van der Waals surface area contributed by atoms with Crippen LogP contribution in [0.3, 0.4) is 0 Å². The summed E-state index contributed by atoms with van der Waals surface area (Å²) in [7, 11) is 1.66. The van der Waals surface area contributed by atoms with Gasteiger partial charge in [0.2, 0.25) is 0 Å². The minimum atomic E-state index is 0.572. The van der Waals surface area contributed by atoms with E-state index in [2.05, 4.69) is 5.32 Å². The molecule has 1 aliphatic rings. The largest absolute Gasteiger partial charge is 0.486 e. The fourth-order valence-electron chi connectivity index (χ4n) is 1.55. The lowest BCUT2D eigenvalue weighted by atomic mass is 10.2. The first-order chi connectivity index (χ1) is 7.81. The molecule has 5 nitrogen and oxygen atoms in total. The molecule has 0 radical (unpaired) electrons. The average Bonchev–Trinajstić information content (AvgIpc) is 2.30. The van der Waals surface area contributed by atoms with Crippen LogP contribution in [0, 0.1) is 0 Å². The molecule has 5 heteroatoms. The number of fused-ring (bicyclic) bond motifs is 1. The topological polar surface area (TPSA) is 65.7 Å². The van der Waals surface area contributed by atoms with Gasteiger partial charge in [0.15, 0.2) is 11.5 Å². The molecule has 0 aliphatic carbocycles. The van der Waals surface area contributed by atoms with Crippen molar-refractivity contribution in [2.24, 2.45) is 0 Å². The Kier molecular flexibility index (Phi) is 3.36. The zero-order valence-corrected chi connectivity index (χ0v) is 9.29. The van der Waals surface area contributed by atoms with E-state index in [4.69, 9.17) is 19.9 Å². The highest BCUT2D eigenvalue weighted by molar-refractivity contribution is 5.72. The van der Waals surface area contributed by atoms with Gasteiger partial charge in [-0.1, -0.05) is 0 Å². The molecule has 2 rings (SSSR count). The van der Waals surface area contributed by atoms with Crippen LogP contribution < -0.4 is 20.5 Å². The van der Waals surface area contributed by atoms with Gasteiger partial charge >= 0.3 is 0 Å². The van der Waals surface area contributed by atoms with E-state index in [0.29, 0.717) is 37.8 Å². The summed E-state index contributed by atoms with van der Waals surface area (Å²) in [5.74, 6) is 1.45. The van der Waals surface area contributed by atoms with Gasteiger partial charge in [0, 0.05) is 25.8 Å². The second-order valence-electron chi connectivity index (χ2n) is 3.50. The number of anilines is 2. The molecule has 3 N–H and O–H groups in total. The van der Waals surface area contributed by atoms with Crippen LogP contribution in [0.25, 0.3) is 0 Å². The van der Waals surface area contributed by atoms with E-state index in [1.807, 2.05) is 6.07 Å². The van der Waals surface area contributed by atoms with E-state index in [-0.39, 0.29) is 0 Å². The van der Waals surface area contributed by atoms with Crippen molar-refractivity contribution in [2.45, 2.75) is 0 Å². The standard InChI is InChI=1S/C11H16N2O3/c1-14-3-2-13-9-7-11-10(6-8(9)12)15-4-5-16-11/h6-7,13H,2-5,12H2,1H3. The molecule has 0 saturated heterocycles. The molecule has 1 aliphatic heterocycles. The van der Waals surface area contributed by atoms with Crippen LogP contribution in [-0.4, -0.2) is 33.5 Å². The molecule has 0 atom stereocenters. The van der Waals surface area contributed by atoms with E-state index < -0.39 is 0 Å². The molecule has 0 spiro atoms. The summed E-state index contributed by atoms with van der Waals surface area (Å²) in [6.45, 7) is 2.49. The molecule has 0 bridgehead atoms. The van der Waals surface area contributed by atoms with Crippen molar-refractivity contribution in [1.29, 1.82) is 0 Å². The van der Waals surface area contributed by atoms with Gasteiger partial charge in [-0.3, -0.25) is 0 Å². The van der Waals surface area contributed by atoms with E-state index in [1.54, 1.807) is 13.2 Å². The van der Waals surface area contributed by atoms with Gasteiger partial charge in [0.1, 0.15) is 13.2 Å². The van der Waals surface area contributed by atoms with Gasteiger partial charge in [-0.2, -0.15) is 0 Å². The Morgan fingerprint density at radius 3 is 2.69 bits per heavy atom. The molecular weight excluding hydrogens is 208 g/mol. The van der Waals surface area contributed by atoms with E-state index >= 15 is 0 Å². The minimum Gasteiger partial charge on any atom is -0.486 e. The number of hydrogen-bond acceptors (Lipinski definition) is 5. The van der Waals surface area contributed by atoms with Gasteiger partial charge in [0.25, 0.3) is 0 Å². The summed E-state index contributed by atoms with van der Waals surface area (Å²) >= 11 is 0. The highest BCUT2D eigenvalue weighted by Crippen LogP contribution is 2.36. The summed E-state index contributed by atoms with van der Waals surface area (Å²) in [5.41, 5.74) is 7.39. The van der Waals surface area contributed by atoms with Crippen molar-refractivity contribution in [3.8, 4) is 11.5 Å². The number of nitrogens with two attached hydrogens (primary N) is 1. The minimum absolute atomic E-state index is 0.572. The third-order valence-electron chi connectivity index (χ3n) is 2.34. The molecular formula is C11H16N2O3. The van der Waals surface area contributed by atoms with Gasteiger partial charge in [-0.15, -0.1) is 0 Å². The Balaban J connectivity index is 2.12. The lowest BCUT2D eigenvalue weighted by molar-refractivity contribution is 0.172. The Hall–Kier alpha value is -1.62. The Labute approximate surface area is 94.5 Å². The molecule has 0 saturated carbocycles. The second kappa shape index (κ2) is 4.94. The Morgan fingerprint density at radius 1 is 1.31 bits per heavy atom. The number of benzene rings is 1. The van der Waals surface area contributed by atoms with Crippen LogP contribution in [0.15, 0.2) is 12.1 Å². The van der Waals surface area contributed by atoms with Crippen LogP contribution in [0.1, 0.15) is 0 Å². The third kappa shape index (κ3) is 2.30. The smallest absolute Gasteiger partial charge is 0.163 e. The van der Waals surface area contributed by atoms with Crippen molar-refractivity contribution in [3.63, 3.8) is 0 Å². The fourth-order valence-corrected chi connectivity index (χ4v) is 1.55. The van der Waals surface area contributed by atoms with Crippen molar-refractivity contribution in [2.75, 3.05) is 44.5 Å². The zero-order chi connectivity index (χ0) is 11.4. The average molecular weight is 224 g/mol. The molecule has 88 valence electrons. The number of rotatable bonds is 4.